The molecule has 0 fully saturated rings. The Morgan fingerprint density at radius 2 is 1.00 bits per heavy atom. The van der Waals surface area contributed by atoms with Crippen LogP contribution in [0.25, 0.3) is 22.3 Å². The molecule has 0 unspecified atom stereocenters. The number of ether oxygens (including phenoxy) is 2. The van der Waals surface area contributed by atoms with Gasteiger partial charge in [0.05, 0.1) is 27.3 Å². The summed E-state index contributed by atoms with van der Waals surface area (Å²) in [5.74, 6) is 3.96. The minimum Gasteiger partial charge on any atom is -0.455 e. The van der Waals surface area contributed by atoms with Crippen LogP contribution in [-0.4, -0.2) is 0 Å². The first kappa shape index (κ1) is 27.1. The van der Waals surface area contributed by atoms with E-state index < -0.39 is 7.92 Å². The summed E-state index contributed by atoms with van der Waals surface area (Å²) in [6, 6.07) is 36.3. The number of hydrogen-bond donors (Lipinski definition) is 0. The monoisotopic (exact) mass is 639 g/mol. The van der Waals surface area contributed by atoms with E-state index in [0.29, 0.717) is 0 Å². The summed E-state index contributed by atoms with van der Waals surface area (Å²) in [5.41, 5.74) is 16.0. The molecule has 0 saturated heterocycles. The maximum Gasteiger partial charge on any atom is 0.142 e. The number of anilines is 3. The van der Waals surface area contributed by atoms with Crippen LogP contribution < -0.4 is 30.3 Å². The molecule has 0 spiro atoms. The third-order valence-corrected chi connectivity index (χ3v) is 14.2. The highest BCUT2D eigenvalue weighted by molar-refractivity contribution is 7.81. The number of aryl methyl sites for hydroxylation is 2. The van der Waals surface area contributed by atoms with E-state index in [-0.39, 0.29) is 10.8 Å². The van der Waals surface area contributed by atoms with Crippen LogP contribution in [-0.2, 0) is 10.8 Å². The average molecular weight is 640 g/mol. The topological polar surface area (TPSA) is 21.7 Å². The molecule has 3 aliphatic heterocycles. The third kappa shape index (κ3) is 3.06. The van der Waals surface area contributed by atoms with Crippen molar-refractivity contribution in [3.63, 3.8) is 0 Å². The molecule has 48 heavy (non-hydrogen) atoms. The lowest BCUT2D eigenvalue weighted by atomic mass is 9.81. The number of benzene rings is 6. The van der Waals surface area contributed by atoms with E-state index in [9.17, 15) is 0 Å². The Bertz CT molecular complexity index is 2340. The Labute approximate surface area is 282 Å². The van der Waals surface area contributed by atoms with Gasteiger partial charge in [-0.2, -0.15) is 0 Å². The van der Waals surface area contributed by atoms with Crippen LogP contribution in [0, 0.1) is 13.8 Å². The molecule has 5 aliphatic rings. The molecular weight excluding hydrogens is 605 g/mol. The highest BCUT2D eigenvalue weighted by atomic mass is 31.1. The molecule has 0 aromatic heterocycles. The van der Waals surface area contributed by atoms with Gasteiger partial charge < -0.3 is 14.4 Å². The molecule has 4 heteroatoms. The smallest absolute Gasteiger partial charge is 0.142 e. The Morgan fingerprint density at radius 1 is 0.521 bits per heavy atom. The predicted molar refractivity (Wildman–Crippen MR) is 198 cm³/mol. The van der Waals surface area contributed by atoms with Crippen LogP contribution in [0.4, 0.5) is 17.1 Å². The van der Waals surface area contributed by atoms with Gasteiger partial charge in [0.25, 0.3) is 0 Å². The molecule has 0 atom stereocenters. The van der Waals surface area contributed by atoms with Crippen LogP contribution in [0.2, 0.25) is 0 Å². The van der Waals surface area contributed by atoms with E-state index in [1.165, 1.54) is 77.4 Å². The SMILES string of the molecule is Cc1ccc(N2c3cc4c(c5c3P3c6c(cc(C)cc6Oc6c3c2cc2c6C(C)(C)c3ccccc3-2)O5)C(C)(C)c2ccccc2-4)cc1. The van der Waals surface area contributed by atoms with E-state index >= 15 is 0 Å². The van der Waals surface area contributed by atoms with Crippen molar-refractivity contribution in [3.8, 4) is 45.3 Å². The van der Waals surface area contributed by atoms with Crippen LogP contribution in [0.3, 0.4) is 0 Å². The molecule has 3 heterocycles. The largest absolute Gasteiger partial charge is 0.455 e. The zero-order chi connectivity index (χ0) is 32.4. The number of fused-ring (bicyclic) bond motifs is 8. The van der Waals surface area contributed by atoms with Gasteiger partial charge in [0.2, 0.25) is 0 Å². The molecule has 11 rings (SSSR count). The fourth-order valence-electron chi connectivity index (χ4n) is 9.45. The first-order chi connectivity index (χ1) is 23.1. The van der Waals surface area contributed by atoms with Crippen LogP contribution >= 0.6 is 7.92 Å². The van der Waals surface area contributed by atoms with E-state index in [0.717, 1.165) is 34.2 Å². The highest BCUT2D eigenvalue weighted by Gasteiger charge is 2.52. The van der Waals surface area contributed by atoms with Crippen molar-refractivity contribution in [2.75, 3.05) is 4.90 Å². The second-order valence-electron chi connectivity index (χ2n) is 15.2. The molecule has 6 aromatic carbocycles. The summed E-state index contributed by atoms with van der Waals surface area (Å²) < 4.78 is 14.5. The first-order valence-electron chi connectivity index (χ1n) is 16.9. The Kier molecular flexibility index (Phi) is 4.86. The zero-order valence-electron chi connectivity index (χ0n) is 27.9. The fourth-order valence-corrected chi connectivity index (χ4v) is 12.3. The van der Waals surface area contributed by atoms with E-state index in [1.807, 2.05) is 0 Å². The minimum absolute atomic E-state index is 0.207. The van der Waals surface area contributed by atoms with Crippen LogP contribution in [0.5, 0.6) is 23.0 Å². The Hall–Kier alpha value is -4.85. The summed E-state index contributed by atoms with van der Waals surface area (Å²) in [4.78, 5) is 2.51. The normalized spacial score (nSPS) is 17.1. The van der Waals surface area contributed by atoms with Gasteiger partial charge in [0, 0.05) is 35.6 Å². The molecule has 6 aromatic rings. The molecule has 3 nitrogen and oxygen atoms in total. The summed E-state index contributed by atoms with van der Waals surface area (Å²) >= 11 is 0. The summed E-state index contributed by atoms with van der Waals surface area (Å²) in [7, 11) is -0.979. The van der Waals surface area contributed by atoms with Crippen molar-refractivity contribution >= 4 is 40.9 Å². The van der Waals surface area contributed by atoms with E-state index in [1.54, 1.807) is 0 Å². The molecule has 0 bridgehead atoms. The second-order valence-corrected chi connectivity index (χ2v) is 17.2. The van der Waals surface area contributed by atoms with Gasteiger partial charge in [0.1, 0.15) is 23.0 Å². The Morgan fingerprint density at radius 3 is 1.50 bits per heavy atom. The summed E-state index contributed by atoms with van der Waals surface area (Å²) in [5, 5.41) is 3.84. The van der Waals surface area contributed by atoms with Crippen molar-refractivity contribution in [1.29, 1.82) is 0 Å². The van der Waals surface area contributed by atoms with Gasteiger partial charge in [-0.1, -0.05) is 93.9 Å². The molecular formula is C44H34NO2P. The van der Waals surface area contributed by atoms with Gasteiger partial charge in [-0.3, -0.25) is 0 Å². The van der Waals surface area contributed by atoms with Crippen molar-refractivity contribution in [3.05, 3.63) is 130 Å². The quantitative estimate of drug-likeness (QED) is 0.167. The van der Waals surface area contributed by atoms with Crippen molar-refractivity contribution in [1.82, 2.24) is 0 Å². The second kappa shape index (κ2) is 8.59. The molecule has 0 N–H and O–H groups in total. The Balaban J connectivity index is 1.33. The average Bonchev–Trinajstić information content (AvgIpc) is 3.44. The lowest BCUT2D eigenvalue weighted by Crippen LogP contribution is -2.41. The van der Waals surface area contributed by atoms with Crippen molar-refractivity contribution in [2.45, 2.75) is 52.4 Å². The summed E-state index contributed by atoms with van der Waals surface area (Å²) in [6.45, 7) is 13.8. The standard InChI is InChI=1S/C44H34NO2P/c1-23-15-17-25(18-16-23)45-32-21-28-26-11-7-9-13-30(26)43(3,4)36(28)38-40(32)48-41-33(45)22-29-27-12-8-10-14-31(27)44(5,6)37(29)39(41)47-35-20-24(2)19-34(46-38)42(35)48/h7-22H,1-6H3. The molecule has 0 amide bonds. The number of nitrogens with zero attached hydrogens (tertiary/aromatic N) is 1. The first-order valence-corrected chi connectivity index (χ1v) is 18.3. The number of rotatable bonds is 1. The molecule has 2 aliphatic carbocycles. The number of hydrogen-bond acceptors (Lipinski definition) is 3. The highest BCUT2D eigenvalue weighted by Crippen LogP contribution is 2.67. The van der Waals surface area contributed by atoms with E-state index in [4.69, 9.17) is 9.47 Å². The van der Waals surface area contributed by atoms with Crippen LogP contribution in [0.15, 0.2) is 97.1 Å². The molecule has 0 radical (unpaired) electrons. The van der Waals surface area contributed by atoms with E-state index in [2.05, 4.69) is 144 Å². The van der Waals surface area contributed by atoms with Crippen molar-refractivity contribution < 1.29 is 9.47 Å². The maximum absolute atomic E-state index is 7.24. The third-order valence-electron chi connectivity index (χ3n) is 11.6. The molecule has 232 valence electrons. The zero-order valence-corrected chi connectivity index (χ0v) is 28.8. The minimum atomic E-state index is -0.979. The lowest BCUT2D eigenvalue weighted by molar-refractivity contribution is 0.450. The molecule has 0 saturated carbocycles. The van der Waals surface area contributed by atoms with Gasteiger partial charge in [-0.25, -0.2) is 0 Å². The predicted octanol–water partition coefficient (Wildman–Crippen LogP) is 10.7. The van der Waals surface area contributed by atoms with Gasteiger partial charge in [0.15, 0.2) is 0 Å². The van der Waals surface area contributed by atoms with Crippen molar-refractivity contribution in [2.24, 2.45) is 0 Å². The maximum atomic E-state index is 7.24. The fraction of sp³-hybridized carbons (Fsp3) is 0.182. The lowest BCUT2D eigenvalue weighted by Gasteiger charge is -2.46. The van der Waals surface area contributed by atoms with Crippen LogP contribution in [0.1, 0.15) is 61.1 Å². The van der Waals surface area contributed by atoms with Gasteiger partial charge in [-0.15, -0.1) is 0 Å². The summed E-state index contributed by atoms with van der Waals surface area (Å²) in [6.07, 6.45) is 0. The van der Waals surface area contributed by atoms with Gasteiger partial charge in [-0.05, 0) is 89.2 Å². The van der Waals surface area contributed by atoms with Gasteiger partial charge >= 0.3 is 0 Å².